The summed E-state index contributed by atoms with van der Waals surface area (Å²) < 4.78 is 15.9. The zero-order valence-corrected chi connectivity index (χ0v) is 16.7. The van der Waals surface area contributed by atoms with Gasteiger partial charge in [-0.25, -0.2) is 0 Å². The van der Waals surface area contributed by atoms with Crippen molar-refractivity contribution in [1.82, 2.24) is 29.4 Å². The van der Waals surface area contributed by atoms with E-state index in [0.29, 0.717) is 33.5 Å². The number of rotatable bonds is 4. The summed E-state index contributed by atoms with van der Waals surface area (Å²) in [7, 11) is 1.83. The van der Waals surface area contributed by atoms with Crippen LogP contribution in [0, 0.1) is 13.8 Å². The van der Waals surface area contributed by atoms with Crippen LogP contribution in [0.4, 0.5) is 5.69 Å². The second-order valence-corrected chi connectivity index (χ2v) is 9.01. The van der Waals surface area contributed by atoms with Crippen LogP contribution in [-0.2, 0) is 18.4 Å². The standard InChI is InChI=1S/C16H19N7O2S2/c1-8-9(2)20-21-16-12(8)13(17)14(26-16)15(24)19-10-4-23(5-10)27(25)11-6-22(3)7-18-11/h6-7,10H,4-5,17H2,1-3H3,(H,19,24). The Morgan fingerprint density at radius 3 is 2.81 bits per heavy atom. The summed E-state index contributed by atoms with van der Waals surface area (Å²) in [6.45, 7) is 4.78. The van der Waals surface area contributed by atoms with Crippen molar-refractivity contribution in [3.05, 3.63) is 28.7 Å². The van der Waals surface area contributed by atoms with Crippen molar-refractivity contribution in [1.29, 1.82) is 0 Å². The van der Waals surface area contributed by atoms with E-state index in [1.165, 1.54) is 11.3 Å². The second kappa shape index (κ2) is 6.75. The van der Waals surface area contributed by atoms with Crippen LogP contribution in [0.5, 0.6) is 0 Å². The molecule has 0 aliphatic carbocycles. The Bertz CT molecular complexity index is 1030. The molecule has 1 saturated heterocycles. The largest absolute Gasteiger partial charge is 0.591 e. The fraction of sp³-hybridized carbons (Fsp3) is 0.375. The van der Waals surface area contributed by atoms with E-state index >= 15 is 0 Å². The maximum absolute atomic E-state index is 12.6. The normalized spacial score (nSPS) is 16.4. The van der Waals surface area contributed by atoms with Gasteiger partial charge in [0.15, 0.2) is 0 Å². The van der Waals surface area contributed by atoms with Crippen LogP contribution < -0.4 is 11.1 Å². The fourth-order valence-electron chi connectivity index (χ4n) is 2.94. The molecule has 0 saturated carbocycles. The fourth-order valence-corrected chi connectivity index (χ4v) is 5.23. The topological polar surface area (TPSA) is 125 Å². The monoisotopic (exact) mass is 405 g/mol. The average Bonchev–Trinajstić information content (AvgIpc) is 3.17. The molecular weight excluding hydrogens is 386 g/mol. The number of nitrogens with one attached hydrogen (secondary N) is 1. The SMILES string of the molecule is Cc1nnc2sc(C(=O)NC3CN([S+]([O-])c4cn(C)cn4)C3)c(N)c2c1C. The number of aryl methyl sites for hydroxylation is 3. The Hall–Kier alpha value is -2.21. The van der Waals surface area contributed by atoms with Crippen LogP contribution in [0.25, 0.3) is 10.2 Å². The average molecular weight is 406 g/mol. The maximum Gasteiger partial charge on any atom is 0.283 e. The molecule has 4 rings (SSSR count). The summed E-state index contributed by atoms with van der Waals surface area (Å²) in [5.41, 5.74) is 8.39. The first-order valence-electron chi connectivity index (χ1n) is 8.32. The third kappa shape index (κ3) is 3.16. The van der Waals surface area contributed by atoms with Gasteiger partial charge in [-0.1, -0.05) is 0 Å². The smallest absolute Gasteiger partial charge is 0.283 e. The van der Waals surface area contributed by atoms with Gasteiger partial charge >= 0.3 is 0 Å². The number of hydrogen-bond acceptors (Lipinski definition) is 8. The van der Waals surface area contributed by atoms with Gasteiger partial charge in [0.25, 0.3) is 10.9 Å². The van der Waals surface area contributed by atoms with Crippen LogP contribution >= 0.6 is 11.3 Å². The van der Waals surface area contributed by atoms with Crippen molar-refractivity contribution in [2.75, 3.05) is 18.8 Å². The lowest BCUT2D eigenvalue weighted by Crippen LogP contribution is -2.60. The van der Waals surface area contributed by atoms with E-state index in [2.05, 4.69) is 20.5 Å². The molecule has 142 valence electrons. The lowest BCUT2D eigenvalue weighted by molar-refractivity contribution is 0.0900. The highest BCUT2D eigenvalue weighted by Gasteiger charge is 2.39. The molecule has 3 aromatic rings. The highest BCUT2D eigenvalue weighted by atomic mass is 32.2. The number of nitrogens with two attached hydrogens (primary N) is 1. The zero-order chi connectivity index (χ0) is 19.3. The number of carbonyl (C=O) groups excluding carboxylic acids is 1. The quantitative estimate of drug-likeness (QED) is 0.614. The molecule has 0 aromatic carbocycles. The van der Waals surface area contributed by atoms with Crippen LogP contribution in [0.3, 0.4) is 0 Å². The zero-order valence-electron chi connectivity index (χ0n) is 15.1. The van der Waals surface area contributed by atoms with Crippen molar-refractivity contribution in [3.8, 4) is 0 Å². The van der Waals surface area contributed by atoms with E-state index < -0.39 is 11.4 Å². The summed E-state index contributed by atoms with van der Waals surface area (Å²) in [6, 6.07) is -0.0799. The minimum absolute atomic E-state index is 0.0799. The van der Waals surface area contributed by atoms with E-state index in [0.717, 1.165) is 16.6 Å². The Balaban J connectivity index is 1.43. The Kier molecular flexibility index (Phi) is 4.54. The van der Waals surface area contributed by atoms with Crippen LogP contribution in [0.1, 0.15) is 20.9 Å². The van der Waals surface area contributed by atoms with Crippen molar-refractivity contribution in [3.63, 3.8) is 0 Å². The molecular formula is C16H19N7O2S2. The summed E-state index contributed by atoms with van der Waals surface area (Å²) in [4.78, 5) is 17.9. The van der Waals surface area contributed by atoms with Gasteiger partial charge in [-0.2, -0.15) is 10.1 Å². The first-order valence-corrected chi connectivity index (χ1v) is 10.2. The Morgan fingerprint density at radius 1 is 1.41 bits per heavy atom. The minimum atomic E-state index is -1.31. The molecule has 9 nitrogen and oxygen atoms in total. The molecule has 27 heavy (non-hydrogen) atoms. The molecule has 0 spiro atoms. The summed E-state index contributed by atoms with van der Waals surface area (Å²) >= 11 is -0.0722. The van der Waals surface area contributed by atoms with Gasteiger partial charge < -0.3 is 20.2 Å². The molecule has 1 atom stereocenters. The third-order valence-electron chi connectivity index (χ3n) is 4.62. The van der Waals surface area contributed by atoms with E-state index in [9.17, 15) is 9.35 Å². The molecule has 1 aliphatic rings. The lowest BCUT2D eigenvalue weighted by atomic mass is 10.1. The van der Waals surface area contributed by atoms with Gasteiger partial charge in [-0.05, 0) is 19.4 Å². The molecule has 1 aliphatic heterocycles. The first kappa shape index (κ1) is 18.2. The maximum atomic E-state index is 12.6. The number of amides is 1. The van der Waals surface area contributed by atoms with Gasteiger partial charge in [-0.3, -0.25) is 4.79 Å². The van der Waals surface area contributed by atoms with Gasteiger partial charge in [0.05, 0.1) is 43.0 Å². The van der Waals surface area contributed by atoms with E-state index in [-0.39, 0.29) is 11.9 Å². The van der Waals surface area contributed by atoms with E-state index in [1.54, 1.807) is 21.4 Å². The molecule has 1 fully saturated rings. The molecule has 0 bridgehead atoms. The van der Waals surface area contributed by atoms with Crippen LogP contribution in [0.15, 0.2) is 17.6 Å². The minimum Gasteiger partial charge on any atom is -0.591 e. The number of hydrogen-bond donors (Lipinski definition) is 2. The highest BCUT2D eigenvalue weighted by Crippen LogP contribution is 2.35. The predicted molar refractivity (Wildman–Crippen MR) is 104 cm³/mol. The lowest BCUT2D eigenvalue weighted by Gasteiger charge is -2.37. The van der Waals surface area contributed by atoms with Crippen molar-refractivity contribution in [2.24, 2.45) is 7.05 Å². The molecule has 0 radical (unpaired) electrons. The van der Waals surface area contributed by atoms with Gasteiger partial charge in [-0.15, -0.1) is 20.7 Å². The summed E-state index contributed by atoms with van der Waals surface area (Å²) in [6.07, 6.45) is 3.34. The number of nitrogen functional groups attached to an aromatic ring is 1. The van der Waals surface area contributed by atoms with E-state index in [1.807, 2.05) is 20.9 Å². The molecule has 3 aromatic heterocycles. The molecule has 1 unspecified atom stereocenters. The molecule has 3 N–H and O–H groups in total. The number of thiophene rings is 1. The van der Waals surface area contributed by atoms with Crippen molar-refractivity contribution >= 4 is 44.5 Å². The number of carbonyl (C=O) groups is 1. The number of nitrogens with zero attached hydrogens (tertiary/aromatic N) is 5. The highest BCUT2D eigenvalue weighted by molar-refractivity contribution is 7.89. The summed E-state index contributed by atoms with van der Waals surface area (Å²) in [5, 5.41) is 12.5. The van der Waals surface area contributed by atoms with Crippen LogP contribution in [-0.4, -0.2) is 53.6 Å². The number of fused-ring (bicyclic) bond motifs is 1. The second-order valence-electron chi connectivity index (χ2n) is 6.58. The Morgan fingerprint density at radius 2 is 2.15 bits per heavy atom. The Labute approximate surface area is 162 Å². The number of anilines is 1. The van der Waals surface area contributed by atoms with Crippen LogP contribution in [0.2, 0.25) is 0 Å². The third-order valence-corrected chi connectivity index (χ3v) is 7.04. The van der Waals surface area contributed by atoms with Gasteiger partial charge in [0, 0.05) is 12.4 Å². The van der Waals surface area contributed by atoms with Gasteiger partial charge in [0.1, 0.15) is 21.1 Å². The number of aromatic nitrogens is 4. The van der Waals surface area contributed by atoms with Gasteiger partial charge in [0.2, 0.25) is 0 Å². The first-order chi connectivity index (χ1) is 12.8. The van der Waals surface area contributed by atoms with Crippen molar-refractivity contribution in [2.45, 2.75) is 24.9 Å². The molecule has 4 heterocycles. The predicted octanol–water partition coefficient (Wildman–Crippen LogP) is 0.761. The number of imidazole rings is 1. The van der Waals surface area contributed by atoms with Crippen molar-refractivity contribution < 1.29 is 9.35 Å². The molecule has 1 amide bonds. The van der Waals surface area contributed by atoms with E-state index in [4.69, 9.17) is 5.73 Å². The summed E-state index contributed by atoms with van der Waals surface area (Å²) in [5.74, 6) is -0.235. The molecule has 11 heteroatoms.